The third kappa shape index (κ3) is 4.11. The highest BCUT2D eigenvalue weighted by Gasteiger charge is 2.18. The maximum Gasteiger partial charge on any atom is 0.240 e. The highest BCUT2D eigenvalue weighted by atomic mass is 32.2. The highest BCUT2D eigenvalue weighted by Crippen LogP contribution is 2.11. The number of aliphatic hydroxyl groups excluding tert-OH is 1. The summed E-state index contributed by atoms with van der Waals surface area (Å²) in [6.45, 7) is 3.29. The molecule has 0 amide bonds. The predicted octanol–water partition coefficient (Wildman–Crippen LogP) is 0.996. The molecule has 1 rings (SSSR count). The Kier molecular flexibility index (Phi) is 4.84. The number of nitriles is 1. The maximum absolute atomic E-state index is 11.9. The molecule has 0 aliphatic carbocycles. The Labute approximate surface area is 107 Å². The molecule has 0 saturated heterocycles. The summed E-state index contributed by atoms with van der Waals surface area (Å²) in [5, 5.41) is 17.8. The van der Waals surface area contributed by atoms with Crippen LogP contribution in [0.25, 0.3) is 0 Å². The van der Waals surface area contributed by atoms with Gasteiger partial charge in [0.2, 0.25) is 10.0 Å². The topological polar surface area (TPSA) is 90.2 Å². The molecule has 0 aliphatic heterocycles. The van der Waals surface area contributed by atoms with Gasteiger partial charge in [0, 0.05) is 6.04 Å². The van der Waals surface area contributed by atoms with Crippen LogP contribution >= 0.6 is 0 Å². The Hall–Kier alpha value is -1.42. The number of nitrogens with zero attached hydrogens (tertiary/aromatic N) is 1. The fourth-order valence-corrected chi connectivity index (χ4v) is 2.86. The fraction of sp³-hybridized carbons (Fsp3) is 0.417. The van der Waals surface area contributed by atoms with Crippen LogP contribution in [0.15, 0.2) is 29.2 Å². The zero-order valence-electron chi connectivity index (χ0n) is 10.3. The van der Waals surface area contributed by atoms with E-state index in [9.17, 15) is 13.5 Å². The molecule has 0 aromatic heterocycles. The van der Waals surface area contributed by atoms with Crippen LogP contribution in [0, 0.1) is 11.3 Å². The molecule has 0 radical (unpaired) electrons. The van der Waals surface area contributed by atoms with Crippen LogP contribution in [0.4, 0.5) is 0 Å². The molecule has 98 valence electrons. The maximum atomic E-state index is 11.9. The third-order valence-corrected chi connectivity index (χ3v) is 3.95. The van der Waals surface area contributed by atoms with Crippen molar-refractivity contribution in [2.75, 3.05) is 0 Å². The van der Waals surface area contributed by atoms with E-state index in [-0.39, 0.29) is 10.9 Å². The second-order valence-electron chi connectivity index (χ2n) is 4.24. The quantitative estimate of drug-likeness (QED) is 0.833. The smallest absolute Gasteiger partial charge is 0.240 e. The van der Waals surface area contributed by atoms with Crippen molar-refractivity contribution in [1.82, 2.24) is 4.72 Å². The zero-order valence-corrected chi connectivity index (χ0v) is 11.1. The van der Waals surface area contributed by atoms with Crippen LogP contribution in [-0.2, 0) is 10.0 Å². The Balaban J connectivity index is 2.83. The molecular formula is C12H16N2O3S. The van der Waals surface area contributed by atoms with Gasteiger partial charge in [-0.3, -0.25) is 0 Å². The summed E-state index contributed by atoms with van der Waals surface area (Å²) in [5.74, 6) is 0. The second kappa shape index (κ2) is 5.96. The Morgan fingerprint density at radius 2 is 1.89 bits per heavy atom. The van der Waals surface area contributed by atoms with Gasteiger partial charge in [0.25, 0.3) is 0 Å². The fourth-order valence-electron chi connectivity index (χ4n) is 1.60. The number of benzene rings is 1. The van der Waals surface area contributed by atoms with E-state index in [2.05, 4.69) is 4.72 Å². The van der Waals surface area contributed by atoms with Gasteiger partial charge in [-0.2, -0.15) is 5.26 Å². The second-order valence-corrected chi connectivity index (χ2v) is 5.96. The number of rotatable bonds is 5. The van der Waals surface area contributed by atoms with Gasteiger partial charge in [-0.05, 0) is 44.5 Å². The van der Waals surface area contributed by atoms with Crippen LogP contribution < -0.4 is 4.72 Å². The van der Waals surface area contributed by atoms with Crippen molar-refractivity contribution in [3.63, 3.8) is 0 Å². The van der Waals surface area contributed by atoms with Crippen LogP contribution in [0.1, 0.15) is 25.8 Å². The molecule has 0 aliphatic rings. The number of hydrogen-bond donors (Lipinski definition) is 2. The molecule has 18 heavy (non-hydrogen) atoms. The van der Waals surface area contributed by atoms with E-state index in [1.807, 2.05) is 6.07 Å². The number of aliphatic hydroxyl groups is 1. The molecule has 5 nitrogen and oxygen atoms in total. The van der Waals surface area contributed by atoms with E-state index in [4.69, 9.17) is 5.26 Å². The van der Waals surface area contributed by atoms with Crippen molar-refractivity contribution in [2.24, 2.45) is 0 Å². The van der Waals surface area contributed by atoms with Gasteiger partial charge in [-0.1, -0.05) is 0 Å². The van der Waals surface area contributed by atoms with Crippen LogP contribution in [0.3, 0.4) is 0 Å². The molecule has 0 heterocycles. The lowest BCUT2D eigenvalue weighted by Crippen LogP contribution is -2.34. The monoisotopic (exact) mass is 268 g/mol. The molecule has 0 fully saturated rings. The highest BCUT2D eigenvalue weighted by molar-refractivity contribution is 7.89. The Bertz CT molecular complexity index is 529. The summed E-state index contributed by atoms with van der Waals surface area (Å²) in [6.07, 6.45) is -0.223. The Morgan fingerprint density at radius 3 is 2.33 bits per heavy atom. The minimum absolute atomic E-state index is 0.110. The minimum Gasteiger partial charge on any atom is -0.393 e. The van der Waals surface area contributed by atoms with Crippen LogP contribution in [-0.4, -0.2) is 25.7 Å². The third-order valence-electron chi connectivity index (χ3n) is 2.34. The van der Waals surface area contributed by atoms with E-state index in [0.29, 0.717) is 12.0 Å². The van der Waals surface area contributed by atoms with E-state index in [1.165, 1.54) is 24.3 Å². The number of sulfonamides is 1. The molecule has 2 N–H and O–H groups in total. The molecule has 2 atom stereocenters. The average molecular weight is 268 g/mol. The first-order chi connectivity index (χ1) is 8.35. The average Bonchev–Trinajstić information content (AvgIpc) is 2.27. The SMILES string of the molecule is CC(O)CC(C)NS(=O)(=O)c1ccc(C#N)cc1. The summed E-state index contributed by atoms with van der Waals surface area (Å²) in [5.41, 5.74) is 0.408. The minimum atomic E-state index is -3.60. The Morgan fingerprint density at radius 1 is 1.33 bits per heavy atom. The predicted molar refractivity (Wildman–Crippen MR) is 67.2 cm³/mol. The van der Waals surface area contributed by atoms with Gasteiger partial charge in [0.15, 0.2) is 0 Å². The van der Waals surface area contributed by atoms with Crippen molar-refractivity contribution in [1.29, 1.82) is 5.26 Å². The van der Waals surface area contributed by atoms with Crippen molar-refractivity contribution < 1.29 is 13.5 Å². The van der Waals surface area contributed by atoms with Crippen molar-refractivity contribution in [3.8, 4) is 6.07 Å². The van der Waals surface area contributed by atoms with E-state index >= 15 is 0 Å². The first-order valence-corrected chi connectivity index (χ1v) is 7.04. The summed E-state index contributed by atoms with van der Waals surface area (Å²) in [6, 6.07) is 7.24. The molecule has 1 aromatic rings. The summed E-state index contributed by atoms with van der Waals surface area (Å²) in [4.78, 5) is 0.110. The lowest BCUT2D eigenvalue weighted by Gasteiger charge is -2.15. The van der Waals surface area contributed by atoms with Crippen molar-refractivity contribution in [2.45, 2.75) is 37.3 Å². The standard InChI is InChI=1S/C12H16N2O3S/c1-9(7-10(2)15)14-18(16,17)12-5-3-11(8-13)4-6-12/h3-6,9-10,14-15H,7H2,1-2H3. The zero-order chi connectivity index (χ0) is 13.8. The van der Waals surface area contributed by atoms with E-state index in [0.717, 1.165) is 0 Å². The largest absolute Gasteiger partial charge is 0.393 e. The summed E-state index contributed by atoms with van der Waals surface area (Å²) >= 11 is 0. The van der Waals surface area contributed by atoms with Gasteiger partial charge < -0.3 is 5.11 Å². The van der Waals surface area contributed by atoms with Crippen LogP contribution in [0.5, 0.6) is 0 Å². The lowest BCUT2D eigenvalue weighted by molar-refractivity contribution is 0.175. The molecule has 2 unspecified atom stereocenters. The lowest BCUT2D eigenvalue weighted by atomic mass is 10.2. The first-order valence-electron chi connectivity index (χ1n) is 5.55. The molecule has 0 saturated carbocycles. The normalized spacial score (nSPS) is 14.8. The van der Waals surface area contributed by atoms with Crippen LogP contribution in [0.2, 0.25) is 0 Å². The number of hydrogen-bond acceptors (Lipinski definition) is 4. The van der Waals surface area contributed by atoms with Gasteiger partial charge >= 0.3 is 0 Å². The summed E-state index contributed by atoms with van der Waals surface area (Å²) < 4.78 is 26.4. The van der Waals surface area contributed by atoms with Crippen molar-refractivity contribution in [3.05, 3.63) is 29.8 Å². The molecule has 6 heteroatoms. The molecular weight excluding hydrogens is 252 g/mol. The van der Waals surface area contributed by atoms with Gasteiger partial charge in [-0.25, -0.2) is 13.1 Å². The van der Waals surface area contributed by atoms with Gasteiger partial charge in [0.05, 0.1) is 22.6 Å². The molecule has 0 bridgehead atoms. The van der Waals surface area contributed by atoms with Gasteiger partial charge in [0.1, 0.15) is 0 Å². The van der Waals surface area contributed by atoms with Gasteiger partial charge in [-0.15, -0.1) is 0 Å². The molecule has 1 aromatic carbocycles. The first kappa shape index (κ1) is 14.6. The van der Waals surface area contributed by atoms with Crippen molar-refractivity contribution >= 4 is 10.0 Å². The van der Waals surface area contributed by atoms with E-state index in [1.54, 1.807) is 13.8 Å². The molecule has 0 spiro atoms. The summed E-state index contributed by atoms with van der Waals surface area (Å²) in [7, 11) is -3.60. The van der Waals surface area contributed by atoms with E-state index < -0.39 is 16.1 Å². The number of nitrogens with one attached hydrogen (secondary N) is 1.